The van der Waals surface area contributed by atoms with Crippen LogP contribution in [-0.4, -0.2) is 21.9 Å². The molecule has 0 radical (unpaired) electrons. The number of carbonyl (C=O) groups excluding carboxylic acids is 1. The Bertz CT molecular complexity index is 1110. The zero-order valence-corrected chi connectivity index (χ0v) is 15.0. The molecular weight excluding hydrogens is 390 g/mol. The third-order valence-corrected chi connectivity index (χ3v) is 4.53. The SMILES string of the molecule is O=C(CSc1nc2ccccc2o1)OCc1cc(-c2ccc(F)cc2F)on1. The van der Waals surface area contributed by atoms with Crippen molar-refractivity contribution in [3.63, 3.8) is 0 Å². The first-order valence-corrected chi connectivity index (χ1v) is 9.12. The molecule has 0 aliphatic heterocycles. The van der Waals surface area contributed by atoms with E-state index in [4.69, 9.17) is 13.7 Å². The van der Waals surface area contributed by atoms with E-state index >= 15 is 0 Å². The molecule has 0 aliphatic rings. The second-order valence-corrected chi connectivity index (χ2v) is 6.63. The average molecular weight is 402 g/mol. The Balaban J connectivity index is 1.32. The van der Waals surface area contributed by atoms with Gasteiger partial charge in [-0.2, -0.15) is 0 Å². The van der Waals surface area contributed by atoms with Crippen LogP contribution >= 0.6 is 11.8 Å². The molecule has 2 aromatic heterocycles. The number of aromatic nitrogens is 2. The first kappa shape index (κ1) is 18.2. The average Bonchev–Trinajstić information content (AvgIpc) is 3.31. The third-order valence-electron chi connectivity index (χ3n) is 3.72. The summed E-state index contributed by atoms with van der Waals surface area (Å²) in [6.45, 7) is -0.140. The quantitative estimate of drug-likeness (QED) is 0.345. The number of halogens is 2. The van der Waals surface area contributed by atoms with E-state index in [0.29, 0.717) is 22.0 Å². The van der Waals surface area contributed by atoms with E-state index in [-0.39, 0.29) is 23.7 Å². The van der Waals surface area contributed by atoms with Gasteiger partial charge in [0, 0.05) is 12.1 Å². The highest BCUT2D eigenvalue weighted by Crippen LogP contribution is 2.25. The Hall–Kier alpha value is -3.20. The van der Waals surface area contributed by atoms with Gasteiger partial charge in [-0.15, -0.1) is 0 Å². The lowest BCUT2D eigenvalue weighted by Gasteiger charge is -2.00. The smallest absolute Gasteiger partial charge is 0.316 e. The molecule has 0 atom stereocenters. The van der Waals surface area contributed by atoms with E-state index in [9.17, 15) is 13.6 Å². The summed E-state index contributed by atoms with van der Waals surface area (Å²) < 4.78 is 42.4. The minimum atomic E-state index is -0.769. The van der Waals surface area contributed by atoms with Crippen LogP contribution in [0.25, 0.3) is 22.4 Å². The number of ether oxygens (including phenoxy) is 1. The standard InChI is InChI=1S/C19H12F2N2O4S/c20-11-5-6-13(14(21)7-11)17-8-12(23-27-17)9-25-18(24)10-28-19-22-15-3-1-2-4-16(15)26-19/h1-8H,9-10H2. The van der Waals surface area contributed by atoms with Crippen molar-refractivity contribution in [1.29, 1.82) is 0 Å². The molecule has 4 rings (SSSR count). The normalized spacial score (nSPS) is 11.1. The van der Waals surface area contributed by atoms with Crippen LogP contribution in [0.5, 0.6) is 0 Å². The van der Waals surface area contributed by atoms with Gasteiger partial charge < -0.3 is 13.7 Å². The number of carbonyl (C=O) groups is 1. The molecule has 2 heterocycles. The monoisotopic (exact) mass is 402 g/mol. The summed E-state index contributed by atoms with van der Waals surface area (Å²) in [5.74, 6) is -1.83. The molecule has 0 saturated heterocycles. The lowest BCUT2D eigenvalue weighted by atomic mass is 10.1. The van der Waals surface area contributed by atoms with Gasteiger partial charge in [-0.3, -0.25) is 4.79 Å². The number of oxazole rings is 1. The lowest BCUT2D eigenvalue weighted by Crippen LogP contribution is -2.07. The third kappa shape index (κ3) is 4.04. The van der Waals surface area contributed by atoms with Crippen LogP contribution in [0.3, 0.4) is 0 Å². The number of nitrogens with zero attached hydrogens (tertiary/aromatic N) is 2. The van der Waals surface area contributed by atoms with E-state index in [1.165, 1.54) is 12.1 Å². The van der Waals surface area contributed by atoms with Gasteiger partial charge in [0.05, 0.1) is 5.56 Å². The van der Waals surface area contributed by atoms with Crippen LogP contribution in [-0.2, 0) is 16.1 Å². The van der Waals surface area contributed by atoms with Gasteiger partial charge in [-0.25, -0.2) is 13.8 Å². The number of rotatable bonds is 6. The van der Waals surface area contributed by atoms with Gasteiger partial charge in [0.2, 0.25) is 0 Å². The predicted octanol–water partition coefficient (Wildman–Crippen LogP) is 4.60. The molecule has 0 amide bonds. The van der Waals surface area contributed by atoms with Crippen LogP contribution < -0.4 is 0 Å². The fourth-order valence-corrected chi connectivity index (χ4v) is 3.06. The Morgan fingerprint density at radius 1 is 1.14 bits per heavy atom. The minimum Gasteiger partial charge on any atom is -0.458 e. The van der Waals surface area contributed by atoms with Gasteiger partial charge in [-0.1, -0.05) is 29.1 Å². The van der Waals surface area contributed by atoms with E-state index in [0.717, 1.165) is 23.9 Å². The number of benzene rings is 2. The van der Waals surface area contributed by atoms with Crippen molar-refractivity contribution in [3.05, 3.63) is 65.9 Å². The summed E-state index contributed by atoms with van der Waals surface area (Å²) in [4.78, 5) is 16.2. The van der Waals surface area contributed by atoms with Crippen molar-refractivity contribution in [2.45, 2.75) is 11.8 Å². The summed E-state index contributed by atoms with van der Waals surface area (Å²) in [6.07, 6.45) is 0. The van der Waals surface area contributed by atoms with Crippen molar-refractivity contribution in [1.82, 2.24) is 10.1 Å². The Labute approximate surface area is 161 Å². The van der Waals surface area contributed by atoms with Crippen LogP contribution in [0.15, 0.2) is 62.7 Å². The van der Waals surface area contributed by atoms with E-state index in [1.54, 1.807) is 6.07 Å². The molecule has 9 heteroatoms. The maximum Gasteiger partial charge on any atom is 0.316 e. The molecule has 2 aromatic carbocycles. The number of para-hydroxylation sites is 2. The fraction of sp³-hybridized carbons (Fsp3) is 0.105. The van der Waals surface area contributed by atoms with Crippen molar-refractivity contribution < 1.29 is 27.3 Å². The van der Waals surface area contributed by atoms with Gasteiger partial charge in [0.15, 0.2) is 11.3 Å². The number of hydrogen-bond acceptors (Lipinski definition) is 7. The molecule has 0 saturated carbocycles. The van der Waals surface area contributed by atoms with Crippen LogP contribution in [0.4, 0.5) is 8.78 Å². The highest BCUT2D eigenvalue weighted by Gasteiger charge is 2.14. The van der Waals surface area contributed by atoms with Crippen LogP contribution in [0.1, 0.15) is 5.69 Å². The largest absolute Gasteiger partial charge is 0.458 e. The van der Waals surface area contributed by atoms with Gasteiger partial charge >= 0.3 is 5.97 Å². The summed E-state index contributed by atoms with van der Waals surface area (Å²) in [5.41, 5.74) is 1.72. The maximum atomic E-state index is 13.8. The molecule has 0 fully saturated rings. The molecule has 0 aliphatic carbocycles. The molecule has 28 heavy (non-hydrogen) atoms. The van der Waals surface area contributed by atoms with E-state index < -0.39 is 17.6 Å². The molecule has 6 nitrogen and oxygen atoms in total. The topological polar surface area (TPSA) is 78.4 Å². The van der Waals surface area contributed by atoms with Crippen molar-refractivity contribution in [3.8, 4) is 11.3 Å². The number of hydrogen-bond donors (Lipinski definition) is 0. The zero-order valence-electron chi connectivity index (χ0n) is 14.2. The second-order valence-electron chi connectivity index (χ2n) is 5.70. The fourth-order valence-electron chi connectivity index (χ4n) is 2.43. The molecule has 0 bridgehead atoms. The van der Waals surface area contributed by atoms with Crippen molar-refractivity contribution in [2.24, 2.45) is 0 Å². The highest BCUT2D eigenvalue weighted by atomic mass is 32.2. The molecule has 0 spiro atoms. The molecule has 0 N–H and O–H groups in total. The zero-order chi connectivity index (χ0) is 19.5. The van der Waals surface area contributed by atoms with Crippen molar-refractivity contribution in [2.75, 3.05) is 5.75 Å². The maximum absolute atomic E-state index is 13.8. The van der Waals surface area contributed by atoms with E-state index in [2.05, 4.69) is 10.1 Å². The lowest BCUT2D eigenvalue weighted by molar-refractivity contribution is -0.141. The Morgan fingerprint density at radius 3 is 2.82 bits per heavy atom. The van der Waals surface area contributed by atoms with E-state index in [1.807, 2.05) is 18.2 Å². The molecule has 4 aromatic rings. The van der Waals surface area contributed by atoms with Crippen LogP contribution in [0.2, 0.25) is 0 Å². The van der Waals surface area contributed by atoms with Gasteiger partial charge in [-0.05, 0) is 24.3 Å². The highest BCUT2D eigenvalue weighted by molar-refractivity contribution is 7.99. The first-order valence-electron chi connectivity index (χ1n) is 8.13. The molecule has 0 unspecified atom stereocenters. The van der Waals surface area contributed by atoms with Crippen molar-refractivity contribution >= 4 is 28.8 Å². The van der Waals surface area contributed by atoms with Gasteiger partial charge in [0.25, 0.3) is 5.22 Å². The number of fused-ring (bicyclic) bond motifs is 1. The predicted molar refractivity (Wildman–Crippen MR) is 96.4 cm³/mol. The summed E-state index contributed by atoms with van der Waals surface area (Å²) in [6, 6.07) is 11.8. The molecule has 142 valence electrons. The summed E-state index contributed by atoms with van der Waals surface area (Å²) in [5, 5.41) is 4.09. The first-order chi connectivity index (χ1) is 13.6. The number of thioether (sulfide) groups is 1. The summed E-state index contributed by atoms with van der Waals surface area (Å²) >= 11 is 1.11. The van der Waals surface area contributed by atoms with Crippen LogP contribution in [0, 0.1) is 11.6 Å². The Morgan fingerprint density at radius 2 is 2.00 bits per heavy atom. The summed E-state index contributed by atoms with van der Waals surface area (Å²) in [7, 11) is 0. The molecular formula is C19H12F2N2O4S. The van der Waals surface area contributed by atoms with Gasteiger partial charge in [0.1, 0.15) is 35.2 Å². The minimum absolute atomic E-state index is 0.00409. The Kier molecular flexibility index (Phi) is 5.07. The number of esters is 1. The second kappa shape index (κ2) is 7.81.